The lowest BCUT2D eigenvalue weighted by molar-refractivity contribution is 0.102. The predicted molar refractivity (Wildman–Crippen MR) is 89.0 cm³/mol. The molecule has 0 saturated carbocycles. The highest BCUT2D eigenvalue weighted by molar-refractivity contribution is 7.09. The van der Waals surface area contributed by atoms with Gasteiger partial charge in [-0.3, -0.25) is 4.79 Å². The number of carbonyl (C=O) groups excluding carboxylic acids is 1. The summed E-state index contributed by atoms with van der Waals surface area (Å²) in [6, 6.07) is 9.19. The van der Waals surface area contributed by atoms with Crippen molar-refractivity contribution in [2.24, 2.45) is 0 Å². The summed E-state index contributed by atoms with van der Waals surface area (Å²) in [5.41, 5.74) is 0.401. The van der Waals surface area contributed by atoms with Crippen LogP contribution in [0.5, 0.6) is 5.88 Å². The van der Waals surface area contributed by atoms with Crippen LogP contribution in [0, 0.1) is 0 Å². The first kappa shape index (κ1) is 15.2. The number of aromatic nitrogens is 3. The summed E-state index contributed by atoms with van der Waals surface area (Å²) in [6.45, 7) is 2.92. The summed E-state index contributed by atoms with van der Waals surface area (Å²) in [5.74, 6) is 0.695. The second-order valence-corrected chi connectivity index (χ2v) is 5.73. The monoisotopic (exact) mass is 328 g/mol. The predicted octanol–water partition coefficient (Wildman–Crippen LogP) is 3.04. The van der Waals surface area contributed by atoms with Gasteiger partial charge in [0, 0.05) is 17.1 Å². The third kappa shape index (κ3) is 3.57. The number of rotatable bonds is 6. The first-order valence-electron chi connectivity index (χ1n) is 7.21. The number of nitrogens with one attached hydrogen (secondary N) is 1. The molecule has 6 nitrogen and oxygen atoms in total. The van der Waals surface area contributed by atoms with Gasteiger partial charge < -0.3 is 10.1 Å². The second kappa shape index (κ2) is 7.06. The number of thiophene rings is 1. The number of nitrogens with zero attached hydrogens (tertiary/aromatic N) is 3. The lowest BCUT2D eigenvalue weighted by Gasteiger charge is -2.10. The van der Waals surface area contributed by atoms with Crippen LogP contribution in [0.2, 0.25) is 0 Å². The molecular weight excluding hydrogens is 312 g/mol. The molecule has 0 saturated heterocycles. The minimum absolute atomic E-state index is 0.269. The maximum atomic E-state index is 12.5. The number of hydrogen-bond acceptors (Lipinski definition) is 5. The van der Waals surface area contributed by atoms with Gasteiger partial charge in [-0.25, -0.2) is 9.67 Å². The van der Waals surface area contributed by atoms with Gasteiger partial charge in [-0.2, -0.15) is 5.10 Å². The Labute approximate surface area is 137 Å². The van der Waals surface area contributed by atoms with Gasteiger partial charge >= 0.3 is 0 Å². The highest BCUT2D eigenvalue weighted by atomic mass is 32.1. The van der Waals surface area contributed by atoms with Crippen LogP contribution in [0.3, 0.4) is 0 Å². The molecular formula is C16H16N4O2S. The van der Waals surface area contributed by atoms with E-state index in [4.69, 9.17) is 4.74 Å². The van der Waals surface area contributed by atoms with Crippen LogP contribution in [0.4, 0.5) is 5.82 Å². The zero-order valence-corrected chi connectivity index (χ0v) is 13.4. The molecule has 7 heteroatoms. The first-order chi connectivity index (χ1) is 11.3. The molecule has 0 aliphatic carbocycles. The molecule has 1 amide bonds. The van der Waals surface area contributed by atoms with E-state index in [-0.39, 0.29) is 5.91 Å². The maximum absolute atomic E-state index is 12.5. The van der Waals surface area contributed by atoms with E-state index < -0.39 is 0 Å². The van der Waals surface area contributed by atoms with Gasteiger partial charge in [-0.05, 0) is 30.5 Å². The van der Waals surface area contributed by atoms with E-state index in [0.717, 1.165) is 0 Å². The van der Waals surface area contributed by atoms with Crippen LogP contribution in [-0.2, 0) is 6.54 Å². The first-order valence-corrected chi connectivity index (χ1v) is 8.09. The molecule has 0 aliphatic rings. The number of carbonyl (C=O) groups is 1. The zero-order chi connectivity index (χ0) is 16.1. The Kier molecular flexibility index (Phi) is 4.68. The summed E-state index contributed by atoms with van der Waals surface area (Å²) < 4.78 is 7.15. The lowest BCUT2D eigenvalue weighted by atomic mass is 10.2. The van der Waals surface area contributed by atoms with Crippen LogP contribution in [-0.4, -0.2) is 27.3 Å². The summed E-state index contributed by atoms with van der Waals surface area (Å²) >= 11 is 1.65. The van der Waals surface area contributed by atoms with Gasteiger partial charge in [-0.15, -0.1) is 11.3 Å². The molecule has 23 heavy (non-hydrogen) atoms. The lowest BCUT2D eigenvalue weighted by Crippen LogP contribution is -2.17. The Bertz CT molecular complexity index is 783. The summed E-state index contributed by atoms with van der Waals surface area (Å²) in [6.07, 6.45) is 3.26. The summed E-state index contributed by atoms with van der Waals surface area (Å²) in [7, 11) is 0. The molecule has 0 atom stereocenters. The average molecular weight is 328 g/mol. The fourth-order valence-corrected chi connectivity index (χ4v) is 2.80. The van der Waals surface area contributed by atoms with Crippen molar-refractivity contribution in [3.63, 3.8) is 0 Å². The van der Waals surface area contributed by atoms with Crippen LogP contribution in [0.1, 0.15) is 22.2 Å². The third-order valence-corrected chi connectivity index (χ3v) is 4.00. The van der Waals surface area contributed by atoms with Crippen molar-refractivity contribution in [3.05, 3.63) is 58.5 Å². The van der Waals surface area contributed by atoms with Crippen molar-refractivity contribution < 1.29 is 9.53 Å². The molecule has 3 rings (SSSR count). The standard InChI is InChI=1S/C16H16N4O2S/c1-2-22-16-13(6-3-8-17-16)15(21)19-14-7-9-18-20(14)11-12-5-4-10-23-12/h3-10H,2,11H2,1H3,(H,19,21). The Balaban J connectivity index is 1.77. The normalized spacial score (nSPS) is 10.5. The van der Waals surface area contributed by atoms with Crippen LogP contribution in [0.25, 0.3) is 0 Å². The van der Waals surface area contributed by atoms with E-state index in [0.29, 0.717) is 30.4 Å². The highest BCUT2D eigenvalue weighted by Crippen LogP contribution is 2.18. The minimum Gasteiger partial charge on any atom is -0.477 e. The zero-order valence-electron chi connectivity index (χ0n) is 12.6. The Morgan fingerprint density at radius 1 is 1.30 bits per heavy atom. The molecule has 0 bridgehead atoms. The molecule has 0 unspecified atom stereocenters. The van der Waals surface area contributed by atoms with Crippen molar-refractivity contribution >= 4 is 23.1 Å². The highest BCUT2D eigenvalue weighted by Gasteiger charge is 2.15. The topological polar surface area (TPSA) is 69.0 Å². The van der Waals surface area contributed by atoms with Gasteiger partial charge in [0.1, 0.15) is 11.4 Å². The largest absolute Gasteiger partial charge is 0.477 e. The van der Waals surface area contributed by atoms with E-state index in [9.17, 15) is 4.79 Å². The third-order valence-electron chi connectivity index (χ3n) is 3.14. The number of pyridine rings is 1. The smallest absolute Gasteiger partial charge is 0.262 e. The van der Waals surface area contributed by atoms with Gasteiger partial charge in [-0.1, -0.05) is 6.07 Å². The van der Waals surface area contributed by atoms with Crippen molar-refractivity contribution in [3.8, 4) is 5.88 Å². The van der Waals surface area contributed by atoms with E-state index in [1.807, 2.05) is 24.4 Å². The van der Waals surface area contributed by atoms with Gasteiger partial charge in [0.25, 0.3) is 5.91 Å². The molecule has 3 aromatic heterocycles. The fourth-order valence-electron chi connectivity index (χ4n) is 2.11. The number of ether oxygens (including phenoxy) is 1. The van der Waals surface area contributed by atoms with Crippen LogP contribution >= 0.6 is 11.3 Å². The van der Waals surface area contributed by atoms with E-state index in [1.165, 1.54) is 4.88 Å². The van der Waals surface area contributed by atoms with Crippen molar-refractivity contribution in [2.75, 3.05) is 11.9 Å². The Morgan fingerprint density at radius 3 is 3.00 bits per heavy atom. The molecule has 1 N–H and O–H groups in total. The SMILES string of the molecule is CCOc1ncccc1C(=O)Nc1ccnn1Cc1cccs1. The number of amides is 1. The quantitative estimate of drug-likeness (QED) is 0.755. The van der Waals surface area contributed by atoms with Gasteiger partial charge in [0.05, 0.1) is 19.3 Å². The molecule has 0 aromatic carbocycles. The summed E-state index contributed by atoms with van der Waals surface area (Å²) in [5, 5.41) is 9.14. The Morgan fingerprint density at radius 2 is 2.22 bits per heavy atom. The van der Waals surface area contributed by atoms with Crippen molar-refractivity contribution in [1.82, 2.24) is 14.8 Å². The second-order valence-electron chi connectivity index (χ2n) is 4.70. The van der Waals surface area contributed by atoms with Gasteiger partial charge in [0.15, 0.2) is 0 Å². The molecule has 0 fully saturated rings. The minimum atomic E-state index is -0.269. The van der Waals surface area contributed by atoms with E-state index in [1.54, 1.807) is 46.6 Å². The Hall–Kier alpha value is -2.67. The number of hydrogen-bond donors (Lipinski definition) is 1. The molecule has 0 spiro atoms. The van der Waals surface area contributed by atoms with E-state index in [2.05, 4.69) is 15.4 Å². The molecule has 3 aromatic rings. The van der Waals surface area contributed by atoms with Crippen molar-refractivity contribution in [2.45, 2.75) is 13.5 Å². The number of anilines is 1. The van der Waals surface area contributed by atoms with Crippen molar-refractivity contribution in [1.29, 1.82) is 0 Å². The molecule has 0 aliphatic heterocycles. The van der Waals surface area contributed by atoms with E-state index >= 15 is 0 Å². The average Bonchev–Trinajstić information content (AvgIpc) is 3.21. The molecule has 118 valence electrons. The summed E-state index contributed by atoms with van der Waals surface area (Å²) in [4.78, 5) is 17.8. The fraction of sp³-hybridized carbons (Fsp3) is 0.188. The van der Waals surface area contributed by atoms with Gasteiger partial charge in [0.2, 0.25) is 5.88 Å². The molecule has 0 radical (unpaired) electrons. The van der Waals surface area contributed by atoms with Crippen LogP contribution < -0.4 is 10.1 Å². The maximum Gasteiger partial charge on any atom is 0.262 e. The molecule has 3 heterocycles. The van der Waals surface area contributed by atoms with Crippen LogP contribution in [0.15, 0.2) is 48.1 Å².